The van der Waals surface area contributed by atoms with Gasteiger partial charge in [-0.1, -0.05) is 12.1 Å². The summed E-state index contributed by atoms with van der Waals surface area (Å²) in [7, 11) is 0. The molecule has 5 N–H and O–H groups in total. The number of nitrogen functional groups attached to an aromatic ring is 1. The van der Waals surface area contributed by atoms with Gasteiger partial charge in [0.15, 0.2) is 0 Å². The number of hydrogen-bond acceptors (Lipinski definition) is 7. The highest BCUT2D eigenvalue weighted by Gasteiger charge is 2.21. The topological polar surface area (TPSA) is 150 Å². The van der Waals surface area contributed by atoms with Crippen LogP contribution >= 0.6 is 11.8 Å². The number of amides is 1. The van der Waals surface area contributed by atoms with Gasteiger partial charge in [0, 0.05) is 16.9 Å². The number of primary amides is 1. The lowest BCUT2D eigenvalue weighted by Gasteiger charge is -2.13. The lowest BCUT2D eigenvalue weighted by molar-refractivity contribution is 0.100. The number of thioether (sulfide) groups is 1. The largest absolute Gasteiger partial charge is 0.393 e. The van der Waals surface area contributed by atoms with E-state index in [2.05, 4.69) is 11.1 Å². The van der Waals surface area contributed by atoms with Gasteiger partial charge in [-0.2, -0.15) is 10.5 Å². The number of nitrogens with zero attached hydrogens (tertiary/aromatic N) is 3. The lowest BCUT2D eigenvalue weighted by Crippen LogP contribution is -2.10. The molecule has 1 unspecified atom stereocenters. The third kappa shape index (κ3) is 3.89. The van der Waals surface area contributed by atoms with Gasteiger partial charge in [-0.3, -0.25) is 4.79 Å². The zero-order chi connectivity index (χ0) is 18.6. The van der Waals surface area contributed by atoms with Crippen LogP contribution in [0.5, 0.6) is 0 Å². The van der Waals surface area contributed by atoms with Crippen molar-refractivity contribution in [2.24, 2.45) is 5.73 Å². The van der Waals surface area contributed by atoms with Crippen molar-refractivity contribution in [2.75, 3.05) is 11.5 Å². The second-order valence-electron chi connectivity index (χ2n) is 5.25. The third-order valence-electron chi connectivity index (χ3n) is 3.33. The van der Waals surface area contributed by atoms with E-state index in [0.29, 0.717) is 27.5 Å². The van der Waals surface area contributed by atoms with E-state index in [1.54, 1.807) is 19.1 Å². The molecule has 0 aliphatic heterocycles. The highest BCUT2D eigenvalue weighted by atomic mass is 32.2. The van der Waals surface area contributed by atoms with Crippen molar-refractivity contribution < 1.29 is 9.90 Å². The van der Waals surface area contributed by atoms with Crippen LogP contribution in [0.2, 0.25) is 0 Å². The van der Waals surface area contributed by atoms with Gasteiger partial charge in [0.2, 0.25) is 5.91 Å². The second-order valence-corrected chi connectivity index (χ2v) is 6.26. The second kappa shape index (κ2) is 7.67. The molecule has 2 aromatic rings. The van der Waals surface area contributed by atoms with Crippen LogP contribution in [0, 0.1) is 22.7 Å². The summed E-state index contributed by atoms with van der Waals surface area (Å²) in [5.74, 6) is -0.244. The zero-order valence-corrected chi connectivity index (χ0v) is 14.2. The number of aromatic nitrogens is 1. The number of hydrogen-bond donors (Lipinski definition) is 3. The van der Waals surface area contributed by atoms with Crippen molar-refractivity contribution in [3.63, 3.8) is 0 Å². The molecule has 8 heteroatoms. The molecule has 1 heterocycles. The summed E-state index contributed by atoms with van der Waals surface area (Å²) < 4.78 is 0. The van der Waals surface area contributed by atoms with Crippen LogP contribution in [-0.4, -0.2) is 27.9 Å². The standard InChI is InChI=1S/C17H15N5O2S/c1-9(23)8-25-17-13(7-19)14(12(6-18)15(20)22-17)10-2-4-11(5-3-10)16(21)24/h2-5,9,23H,8H2,1H3,(H2,20,22)(H2,21,24). The molecule has 0 bridgehead atoms. The summed E-state index contributed by atoms with van der Waals surface area (Å²) in [6.07, 6.45) is -0.589. The van der Waals surface area contributed by atoms with E-state index >= 15 is 0 Å². The molecule has 0 aliphatic rings. The van der Waals surface area contributed by atoms with E-state index in [-0.39, 0.29) is 16.9 Å². The fourth-order valence-electron chi connectivity index (χ4n) is 2.19. The first-order chi connectivity index (χ1) is 11.9. The van der Waals surface area contributed by atoms with Crippen molar-refractivity contribution >= 4 is 23.5 Å². The van der Waals surface area contributed by atoms with Crippen LogP contribution < -0.4 is 11.5 Å². The molecule has 1 aromatic carbocycles. The van der Waals surface area contributed by atoms with E-state index in [1.165, 1.54) is 23.9 Å². The van der Waals surface area contributed by atoms with Crippen LogP contribution in [0.25, 0.3) is 11.1 Å². The Balaban J connectivity index is 2.67. The van der Waals surface area contributed by atoms with Gasteiger partial charge in [-0.25, -0.2) is 4.98 Å². The zero-order valence-electron chi connectivity index (χ0n) is 13.4. The fourth-order valence-corrected chi connectivity index (χ4v) is 3.05. The molecule has 1 atom stereocenters. The average Bonchev–Trinajstić information content (AvgIpc) is 2.59. The van der Waals surface area contributed by atoms with Gasteiger partial charge in [0.05, 0.1) is 11.7 Å². The minimum absolute atomic E-state index is 0.00331. The summed E-state index contributed by atoms with van der Waals surface area (Å²) in [4.78, 5) is 15.3. The Kier molecular flexibility index (Phi) is 5.60. The Morgan fingerprint density at radius 3 is 2.36 bits per heavy atom. The van der Waals surface area contributed by atoms with Crippen LogP contribution in [0.3, 0.4) is 0 Å². The molecule has 0 saturated heterocycles. The maximum Gasteiger partial charge on any atom is 0.248 e. The molecule has 0 aliphatic carbocycles. The van der Waals surface area contributed by atoms with Crippen LogP contribution in [0.1, 0.15) is 28.4 Å². The van der Waals surface area contributed by atoms with Crippen molar-refractivity contribution in [1.82, 2.24) is 4.98 Å². The molecule has 0 radical (unpaired) electrons. The van der Waals surface area contributed by atoms with Crippen molar-refractivity contribution in [1.29, 1.82) is 10.5 Å². The Hall–Kier alpha value is -3.07. The lowest BCUT2D eigenvalue weighted by atomic mass is 9.96. The number of aliphatic hydroxyl groups is 1. The molecule has 126 valence electrons. The number of benzene rings is 1. The van der Waals surface area contributed by atoms with Gasteiger partial charge >= 0.3 is 0 Å². The normalized spacial score (nSPS) is 11.4. The molecule has 25 heavy (non-hydrogen) atoms. The van der Waals surface area contributed by atoms with E-state index in [1.807, 2.05) is 6.07 Å². The van der Waals surface area contributed by atoms with Crippen molar-refractivity contribution in [3.05, 3.63) is 41.0 Å². The van der Waals surface area contributed by atoms with E-state index in [0.717, 1.165) is 0 Å². The minimum atomic E-state index is -0.589. The van der Waals surface area contributed by atoms with Crippen LogP contribution in [-0.2, 0) is 0 Å². The number of rotatable bonds is 5. The number of aliphatic hydroxyl groups excluding tert-OH is 1. The highest BCUT2D eigenvalue weighted by molar-refractivity contribution is 7.99. The molecular weight excluding hydrogens is 338 g/mol. The molecule has 0 spiro atoms. The summed E-state index contributed by atoms with van der Waals surface area (Å²) in [6, 6.07) is 10.3. The Morgan fingerprint density at radius 1 is 1.28 bits per heavy atom. The predicted octanol–water partition coefficient (Wildman–Crippen LogP) is 1.65. The van der Waals surface area contributed by atoms with E-state index < -0.39 is 12.0 Å². The summed E-state index contributed by atoms with van der Waals surface area (Å²) >= 11 is 1.18. The van der Waals surface area contributed by atoms with Crippen molar-refractivity contribution in [2.45, 2.75) is 18.1 Å². The van der Waals surface area contributed by atoms with Gasteiger partial charge in [-0.05, 0) is 24.6 Å². The van der Waals surface area contributed by atoms with E-state index in [9.17, 15) is 20.4 Å². The highest BCUT2D eigenvalue weighted by Crippen LogP contribution is 2.35. The summed E-state index contributed by atoms with van der Waals surface area (Å²) in [5.41, 5.74) is 12.6. The van der Waals surface area contributed by atoms with Gasteiger partial charge in [0.1, 0.15) is 28.5 Å². The first kappa shape index (κ1) is 18.3. The molecule has 1 amide bonds. The quantitative estimate of drug-likeness (QED) is 0.691. The maximum atomic E-state index is 11.2. The van der Waals surface area contributed by atoms with Crippen LogP contribution in [0.4, 0.5) is 5.82 Å². The first-order valence-electron chi connectivity index (χ1n) is 7.23. The fraction of sp³-hybridized carbons (Fsp3) is 0.176. The Labute approximate surface area is 148 Å². The molecule has 0 fully saturated rings. The number of anilines is 1. The first-order valence-corrected chi connectivity index (χ1v) is 8.22. The minimum Gasteiger partial charge on any atom is -0.393 e. The Morgan fingerprint density at radius 2 is 1.88 bits per heavy atom. The monoisotopic (exact) mass is 353 g/mol. The number of nitriles is 2. The summed E-state index contributed by atoms with van der Waals surface area (Å²) in [5, 5.41) is 28.8. The number of carbonyl (C=O) groups is 1. The molecule has 7 nitrogen and oxygen atoms in total. The smallest absolute Gasteiger partial charge is 0.248 e. The Bertz CT molecular complexity index is 895. The molecular formula is C17H15N5O2S. The van der Waals surface area contributed by atoms with Gasteiger partial charge in [0.25, 0.3) is 0 Å². The predicted molar refractivity (Wildman–Crippen MR) is 94.4 cm³/mol. The third-order valence-corrected chi connectivity index (χ3v) is 4.55. The van der Waals surface area contributed by atoms with Gasteiger partial charge in [-0.15, -0.1) is 11.8 Å². The average molecular weight is 353 g/mol. The van der Waals surface area contributed by atoms with Gasteiger partial charge < -0.3 is 16.6 Å². The SMILES string of the molecule is CC(O)CSc1nc(N)c(C#N)c(-c2ccc(C(N)=O)cc2)c1C#N. The summed E-state index contributed by atoms with van der Waals surface area (Å²) in [6.45, 7) is 1.62. The maximum absolute atomic E-state index is 11.2. The van der Waals surface area contributed by atoms with Crippen molar-refractivity contribution in [3.8, 4) is 23.3 Å². The molecule has 1 aromatic heterocycles. The number of carbonyl (C=O) groups excluding carboxylic acids is 1. The number of pyridine rings is 1. The molecule has 2 rings (SSSR count). The van der Waals surface area contributed by atoms with E-state index in [4.69, 9.17) is 11.5 Å². The number of nitrogens with two attached hydrogens (primary N) is 2. The molecule has 0 saturated carbocycles. The van der Waals surface area contributed by atoms with Crippen LogP contribution in [0.15, 0.2) is 29.3 Å².